The van der Waals surface area contributed by atoms with Crippen molar-refractivity contribution in [3.8, 4) is 17.2 Å². The van der Waals surface area contributed by atoms with Gasteiger partial charge in [0.05, 0.1) is 19.2 Å². The van der Waals surface area contributed by atoms with Crippen LogP contribution in [0.5, 0.6) is 17.2 Å². The summed E-state index contributed by atoms with van der Waals surface area (Å²) in [4.78, 5) is -0.0471. The SMILES string of the molecule is COc1ccc(OC)c(S(=O)(=O)NCCOc2ccc(F)cc2Cl)c1. The van der Waals surface area contributed by atoms with Gasteiger partial charge in [-0.3, -0.25) is 0 Å². The Hall–Kier alpha value is -2.03. The van der Waals surface area contributed by atoms with E-state index < -0.39 is 15.8 Å². The van der Waals surface area contributed by atoms with Crippen LogP contribution in [0.3, 0.4) is 0 Å². The van der Waals surface area contributed by atoms with Crippen molar-refractivity contribution in [1.29, 1.82) is 0 Å². The van der Waals surface area contributed by atoms with Crippen molar-refractivity contribution in [3.63, 3.8) is 0 Å². The zero-order chi connectivity index (χ0) is 18.4. The molecule has 0 unspecified atom stereocenters. The first kappa shape index (κ1) is 19.3. The lowest BCUT2D eigenvalue weighted by Crippen LogP contribution is -2.28. The van der Waals surface area contributed by atoms with Crippen molar-refractivity contribution >= 4 is 21.6 Å². The molecule has 1 N–H and O–H groups in total. The normalized spacial score (nSPS) is 11.2. The van der Waals surface area contributed by atoms with Crippen LogP contribution < -0.4 is 18.9 Å². The van der Waals surface area contributed by atoms with Crippen molar-refractivity contribution in [2.24, 2.45) is 0 Å². The highest BCUT2D eigenvalue weighted by molar-refractivity contribution is 7.89. The summed E-state index contributed by atoms with van der Waals surface area (Å²) in [5.41, 5.74) is 0. The molecule has 0 amide bonds. The van der Waals surface area contributed by atoms with Gasteiger partial charge in [0.2, 0.25) is 10.0 Å². The number of ether oxygens (including phenoxy) is 3. The summed E-state index contributed by atoms with van der Waals surface area (Å²) in [6.45, 7) is -0.00668. The van der Waals surface area contributed by atoms with Crippen LogP contribution in [0.25, 0.3) is 0 Å². The minimum Gasteiger partial charge on any atom is -0.497 e. The van der Waals surface area contributed by atoms with E-state index in [2.05, 4.69) is 4.72 Å². The van der Waals surface area contributed by atoms with E-state index in [4.69, 9.17) is 25.8 Å². The van der Waals surface area contributed by atoms with E-state index >= 15 is 0 Å². The third-order valence-electron chi connectivity index (χ3n) is 3.21. The maximum Gasteiger partial charge on any atom is 0.244 e. The second-order valence-electron chi connectivity index (χ2n) is 4.84. The number of benzene rings is 2. The Bertz CT molecular complexity index is 844. The molecule has 2 aromatic rings. The van der Waals surface area contributed by atoms with Crippen LogP contribution in [-0.4, -0.2) is 35.8 Å². The van der Waals surface area contributed by atoms with E-state index in [0.717, 1.165) is 6.07 Å². The Kier molecular flexibility index (Phi) is 6.46. The molecular weight excluding hydrogens is 373 g/mol. The van der Waals surface area contributed by atoms with E-state index in [9.17, 15) is 12.8 Å². The first-order valence-corrected chi connectivity index (χ1v) is 9.03. The molecule has 0 heterocycles. The average Bonchev–Trinajstić information content (AvgIpc) is 2.59. The van der Waals surface area contributed by atoms with Gasteiger partial charge < -0.3 is 14.2 Å². The number of sulfonamides is 1. The second-order valence-corrected chi connectivity index (χ2v) is 6.98. The molecule has 0 radical (unpaired) electrons. The van der Waals surface area contributed by atoms with Gasteiger partial charge in [0.15, 0.2) is 0 Å². The van der Waals surface area contributed by atoms with Crippen molar-refractivity contribution < 1.29 is 27.0 Å². The first-order chi connectivity index (χ1) is 11.9. The Morgan fingerprint density at radius 3 is 2.44 bits per heavy atom. The number of halogens is 2. The van der Waals surface area contributed by atoms with E-state index in [1.807, 2.05) is 0 Å². The summed E-state index contributed by atoms with van der Waals surface area (Å²) in [6.07, 6.45) is 0. The molecule has 0 saturated carbocycles. The van der Waals surface area contributed by atoms with Gasteiger partial charge in [-0.1, -0.05) is 11.6 Å². The van der Waals surface area contributed by atoms with Crippen LogP contribution in [0.2, 0.25) is 5.02 Å². The van der Waals surface area contributed by atoms with E-state index in [0.29, 0.717) is 5.75 Å². The van der Waals surface area contributed by atoms with Gasteiger partial charge in [0, 0.05) is 12.6 Å². The molecule has 0 atom stereocenters. The predicted octanol–water partition coefficient (Wildman–Crippen LogP) is 2.85. The molecule has 2 rings (SSSR count). The molecule has 136 valence electrons. The monoisotopic (exact) mass is 389 g/mol. The van der Waals surface area contributed by atoms with E-state index in [1.54, 1.807) is 6.07 Å². The summed E-state index contributed by atoms with van der Waals surface area (Å²) in [5, 5.41) is 0.109. The van der Waals surface area contributed by atoms with Crippen LogP contribution in [0.1, 0.15) is 0 Å². The van der Waals surface area contributed by atoms with Crippen molar-refractivity contribution in [1.82, 2.24) is 4.72 Å². The predicted molar refractivity (Wildman–Crippen MR) is 91.6 cm³/mol. The molecule has 0 aliphatic heterocycles. The molecule has 9 heteroatoms. The summed E-state index contributed by atoms with van der Waals surface area (Å²) in [5.74, 6) is 0.357. The van der Waals surface area contributed by atoms with Gasteiger partial charge in [0.25, 0.3) is 0 Å². The number of rotatable bonds is 8. The quantitative estimate of drug-likeness (QED) is 0.703. The maximum absolute atomic E-state index is 13.0. The lowest BCUT2D eigenvalue weighted by molar-refractivity contribution is 0.322. The molecule has 0 aromatic heterocycles. The molecule has 0 bridgehead atoms. The van der Waals surface area contributed by atoms with Gasteiger partial charge in [-0.15, -0.1) is 0 Å². The highest BCUT2D eigenvalue weighted by Crippen LogP contribution is 2.28. The van der Waals surface area contributed by atoms with E-state index in [-0.39, 0.29) is 34.6 Å². The highest BCUT2D eigenvalue weighted by atomic mass is 35.5. The Morgan fingerprint density at radius 2 is 1.80 bits per heavy atom. The third kappa shape index (κ3) is 4.97. The van der Waals surface area contributed by atoms with Crippen LogP contribution in [0.15, 0.2) is 41.3 Å². The van der Waals surface area contributed by atoms with Gasteiger partial charge >= 0.3 is 0 Å². The summed E-state index contributed by atoms with van der Waals surface area (Å²) >= 11 is 5.83. The van der Waals surface area contributed by atoms with Crippen molar-refractivity contribution in [2.75, 3.05) is 27.4 Å². The van der Waals surface area contributed by atoms with Crippen LogP contribution in [0, 0.1) is 5.82 Å². The summed E-state index contributed by atoms with van der Waals surface area (Å²) in [6, 6.07) is 8.14. The third-order valence-corrected chi connectivity index (χ3v) is 4.98. The summed E-state index contributed by atoms with van der Waals surface area (Å²) < 4.78 is 55.7. The molecule has 0 spiro atoms. The molecule has 0 aliphatic carbocycles. The van der Waals surface area contributed by atoms with Gasteiger partial charge in [-0.05, 0) is 30.3 Å². The lowest BCUT2D eigenvalue weighted by Gasteiger charge is -2.13. The van der Waals surface area contributed by atoms with Gasteiger partial charge in [0.1, 0.15) is 34.6 Å². The molecule has 2 aromatic carbocycles. The van der Waals surface area contributed by atoms with Crippen LogP contribution in [-0.2, 0) is 10.0 Å². The average molecular weight is 390 g/mol. The second kappa shape index (κ2) is 8.37. The molecule has 0 saturated heterocycles. The van der Waals surface area contributed by atoms with E-state index in [1.165, 1.54) is 38.5 Å². The number of methoxy groups -OCH3 is 2. The van der Waals surface area contributed by atoms with Crippen molar-refractivity contribution in [3.05, 3.63) is 47.2 Å². The minimum absolute atomic E-state index is 0.0108. The fraction of sp³-hybridized carbons (Fsp3) is 0.250. The largest absolute Gasteiger partial charge is 0.497 e. The highest BCUT2D eigenvalue weighted by Gasteiger charge is 2.20. The van der Waals surface area contributed by atoms with Crippen LogP contribution in [0.4, 0.5) is 4.39 Å². The molecule has 6 nitrogen and oxygen atoms in total. The fourth-order valence-corrected chi connectivity index (χ4v) is 3.42. The Balaban J connectivity index is 2.02. The number of hydrogen-bond donors (Lipinski definition) is 1. The standard InChI is InChI=1S/C16H17ClFNO5S/c1-22-12-4-6-15(23-2)16(10-12)25(20,21)19-7-8-24-14-5-3-11(18)9-13(14)17/h3-6,9-10,19H,7-8H2,1-2H3. The Morgan fingerprint density at radius 1 is 1.08 bits per heavy atom. The van der Waals surface area contributed by atoms with Gasteiger partial charge in [-0.2, -0.15) is 0 Å². The molecule has 0 fully saturated rings. The van der Waals surface area contributed by atoms with Crippen molar-refractivity contribution in [2.45, 2.75) is 4.90 Å². The number of hydrogen-bond acceptors (Lipinski definition) is 5. The molecular formula is C16H17ClFNO5S. The summed E-state index contributed by atoms with van der Waals surface area (Å²) in [7, 11) is -1.02. The van der Waals surface area contributed by atoms with Gasteiger partial charge in [-0.25, -0.2) is 17.5 Å². The topological polar surface area (TPSA) is 73.9 Å². The maximum atomic E-state index is 13.0. The minimum atomic E-state index is -3.83. The fourth-order valence-electron chi connectivity index (χ4n) is 2.00. The number of nitrogens with one attached hydrogen (secondary N) is 1. The smallest absolute Gasteiger partial charge is 0.244 e. The molecule has 25 heavy (non-hydrogen) atoms. The first-order valence-electron chi connectivity index (χ1n) is 7.17. The lowest BCUT2D eigenvalue weighted by atomic mass is 10.3. The molecule has 0 aliphatic rings. The zero-order valence-electron chi connectivity index (χ0n) is 13.6. The zero-order valence-corrected chi connectivity index (χ0v) is 15.2. The Labute approximate surface area is 150 Å². The van der Waals surface area contributed by atoms with Crippen LogP contribution >= 0.6 is 11.6 Å².